The predicted octanol–water partition coefficient (Wildman–Crippen LogP) is 0.756. The second-order valence-corrected chi connectivity index (χ2v) is 3.14. The lowest BCUT2D eigenvalue weighted by molar-refractivity contribution is -0.385. The summed E-state index contributed by atoms with van der Waals surface area (Å²) in [7, 11) is 0. The van der Waals surface area contributed by atoms with Gasteiger partial charge < -0.3 is 10.1 Å². The van der Waals surface area contributed by atoms with Gasteiger partial charge >= 0.3 is 0 Å². The molecule has 0 saturated heterocycles. The Kier molecular flexibility index (Phi) is 5.02. The molecule has 0 radical (unpaired) electrons. The summed E-state index contributed by atoms with van der Waals surface area (Å²) in [5, 5.41) is 13.1. The van der Waals surface area contributed by atoms with Gasteiger partial charge in [-0.3, -0.25) is 19.9 Å². The minimum absolute atomic E-state index is 0.163. The highest BCUT2D eigenvalue weighted by molar-refractivity contribution is 5.94. The first-order valence-corrected chi connectivity index (χ1v) is 5.10. The van der Waals surface area contributed by atoms with Crippen LogP contribution in [0, 0.1) is 10.1 Å². The maximum Gasteiger partial charge on any atom is 0.288 e. The van der Waals surface area contributed by atoms with Crippen LogP contribution < -0.4 is 5.32 Å². The molecular formula is C10H13N3O4. The molecule has 92 valence electrons. The zero-order valence-corrected chi connectivity index (χ0v) is 9.38. The van der Waals surface area contributed by atoms with Crippen LogP contribution in [0.2, 0.25) is 0 Å². The molecular weight excluding hydrogens is 226 g/mol. The molecule has 0 bridgehead atoms. The van der Waals surface area contributed by atoms with E-state index < -0.39 is 10.8 Å². The van der Waals surface area contributed by atoms with Gasteiger partial charge in [0.25, 0.3) is 11.6 Å². The molecule has 1 N–H and O–H groups in total. The predicted molar refractivity (Wildman–Crippen MR) is 59.7 cm³/mol. The van der Waals surface area contributed by atoms with Crippen molar-refractivity contribution in [2.24, 2.45) is 0 Å². The summed E-state index contributed by atoms with van der Waals surface area (Å²) in [5.41, 5.74) is -0.0434. The van der Waals surface area contributed by atoms with Crippen molar-refractivity contribution in [3.8, 4) is 0 Å². The molecule has 1 amide bonds. The average molecular weight is 239 g/mol. The third kappa shape index (κ3) is 4.15. The summed E-state index contributed by atoms with van der Waals surface area (Å²) >= 11 is 0. The van der Waals surface area contributed by atoms with E-state index in [-0.39, 0.29) is 11.3 Å². The van der Waals surface area contributed by atoms with Crippen molar-refractivity contribution in [2.75, 3.05) is 19.8 Å². The summed E-state index contributed by atoms with van der Waals surface area (Å²) < 4.78 is 5.04. The molecule has 1 heterocycles. The van der Waals surface area contributed by atoms with Crippen LogP contribution in [0.15, 0.2) is 18.5 Å². The van der Waals surface area contributed by atoms with E-state index in [9.17, 15) is 14.9 Å². The van der Waals surface area contributed by atoms with Gasteiger partial charge in [0.2, 0.25) is 0 Å². The lowest BCUT2D eigenvalue weighted by atomic mass is 10.2. The first kappa shape index (κ1) is 13.0. The Morgan fingerprint density at radius 1 is 1.59 bits per heavy atom. The van der Waals surface area contributed by atoms with Gasteiger partial charge in [0, 0.05) is 25.4 Å². The normalized spacial score (nSPS) is 9.94. The van der Waals surface area contributed by atoms with Crippen LogP contribution in [0.25, 0.3) is 0 Å². The first-order valence-electron chi connectivity index (χ1n) is 5.10. The Hall–Kier alpha value is -2.02. The fourth-order valence-electron chi connectivity index (χ4n) is 1.13. The highest BCUT2D eigenvalue weighted by Gasteiger charge is 2.11. The third-order valence-electron chi connectivity index (χ3n) is 1.93. The molecule has 0 spiro atoms. The number of nitrogens with one attached hydrogen (secondary N) is 1. The minimum atomic E-state index is -0.593. The fraction of sp³-hybridized carbons (Fsp3) is 0.400. The number of hydrogen-bond donors (Lipinski definition) is 1. The molecule has 0 atom stereocenters. The van der Waals surface area contributed by atoms with Crippen LogP contribution in [0.1, 0.15) is 17.3 Å². The van der Waals surface area contributed by atoms with E-state index in [2.05, 4.69) is 10.3 Å². The highest BCUT2D eigenvalue weighted by Crippen LogP contribution is 2.10. The molecule has 0 saturated carbocycles. The number of carbonyl (C=O) groups excluding carboxylic acids is 1. The molecule has 1 rings (SSSR count). The fourth-order valence-corrected chi connectivity index (χ4v) is 1.13. The zero-order chi connectivity index (χ0) is 12.7. The summed E-state index contributed by atoms with van der Waals surface area (Å²) in [6.45, 7) is 3.19. The molecule has 0 aromatic carbocycles. The zero-order valence-electron chi connectivity index (χ0n) is 9.38. The standard InChI is InChI=1S/C10H13N3O4/c1-2-17-4-3-12-10(14)8-5-9(13(15)16)7-11-6-8/h5-7H,2-4H2,1H3,(H,12,14). The number of nitro groups is 1. The van der Waals surface area contributed by atoms with Crippen molar-refractivity contribution >= 4 is 11.6 Å². The van der Waals surface area contributed by atoms with Crippen LogP contribution in [0.3, 0.4) is 0 Å². The Labute approximate surface area is 98.0 Å². The van der Waals surface area contributed by atoms with E-state index in [4.69, 9.17) is 4.74 Å². The monoisotopic (exact) mass is 239 g/mol. The van der Waals surface area contributed by atoms with Gasteiger partial charge in [0.1, 0.15) is 6.20 Å². The van der Waals surface area contributed by atoms with Crippen molar-refractivity contribution in [3.63, 3.8) is 0 Å². The van der Waals surface area contributed by atoms with Crippen molar-refractivity contribution in [1.29, 1.82) is 0 Å². The van der Waals surface area contributed by atoms with E-state index in [0.29, 0.717) is 19.8 Å². The highest BCUT2D eigenvalue weighted by atomic mass is 16.6. The van der Waals surface area contributed by atoms with Crippen LogP contribution in [-0.4, -0.2) is 35.6 Å². The van der Waals surface area contributed by atoms with Crippen LogP contribution in [0.5, 0.6) is 0 Å². The number of rotatable bonds is 6. The molecule has 17 heavy (non-hydrogen) atoms. The van der Waals surface area contributed by atoms with Gasteiger partial charge in [0.15, 0.2) is 0 Å². The number of carbonyl (C=O) groups is 1. The molecule has 0 aliphatic heterocycles. The second-order valence-electron chi connectivity index (χ2n) is 3.14. The number of nitrogens with zero attached hydrogens (tertiary/aromatic N) is 2. The quantitative estimate of drug-likeness (QED) is 0.449. The number of pyridine rings is 1. The lowest BCUT2D eigenvalue weighted by Crippen LogP contribution is -2.27. The van der Waals surface area contributed by atoms with E-state index >= 15 is 0 Å². The van der Waals surface area contributed by atoms with Gasteiger partial charge in [-0.2, -0.15) is 0 Å². The van der Waals surface area contributed by atoms with Crippen LogP contribution >= 0.6 is 0 Å². The summed E-state index contributed by atoms with van der Waals surface area (Å²) in [6.07, 6.45) is 2.37. The smallest absolute Gasteiger partial charge is 0.288 e. The van der Waals surface area contributed by atoms with Crippen molar-refractivity contribution in [2.45, 2.75) is 6.92 Å². The number of amides is 1. The Bertz CT molecular complexity index is 408. The average Bonchev–Trinajstić information content (AvgIpc) is 2.34. The molecule has 1 aromatic heterocycles. The minimum Gasteiger partial charge on any atom is -0.380 e. The van der Waals surface area contributed by atoms with Crippen molar-refractivity contribution in [3.05, 3.63) is 34.1 Å². The SMILES string of the molecule is CCOCCNC(=O)c1cncc([N+](=O)[O-])c1. The van der Waals surface area contributed by atoms with E-state index in [1.54, 1.807) is 0 Å². The molecule has 0 aliphatic rings. The largest absolute Gasteiger partial charge is 0.380 e. The molecule has 7 nitrogen and oxygen atoms in total. The Balaban J connectivity index is 2.56. The number of aromatic nitrogens is 1. The number of ether oxygens (including phenoxy) is 1. The molecule has 0 aliphatic carbocycles. The van der Waals surface area contributed by atoms with Crippen molar-refractivity contribution in [1.82, 2.24) is 10.3 Å². The van der Waals surface area contributed by atoms with Crippen LogP contribution in [-0.2, 0) is 4.74 Å². The molecule has 7 heteroatoms. The van der Waals surface area contributed by atoms with Gasteiger partial charge in [-0.05, 0) is 6.92 Å². The Morgan fingerprint density at radius 3 is 3.00 bits per heavy atom. The summed E-state index contributed by atoms with van der Waals surface area (Å²) in [6, 6.07) is 1.18. The van der Waals surface area contributed by atoms with Gasteiger partial charge in [-0.25, -0.2) is 0 Å². The summed E-state index contributed by atoms with van der Waals surface area (Å²) in [4.78, 5) is 25.1. The van der Waals surface area contributed by atoms with Gasteiger partial charge in [0.05, 0.1) is 17.1 Å². The van der Waals surface area contributed by atoms with Crippen molar-refractivity contribution < 1.29 is 14.5 Å². The third-order valence-corrected chi connectivity index (χ3v) is 1.93. The van der Waals surface area contributed by atoms with E-state index in [1.807, 2.05) is 6.92 Å². The Morgan fingerprint density at radius 2 is 2.35 bits per heavy atom. The summed E-state index contributed by atoms with van der Waals surface area (Å²) in [5.74, 6) is -0.402. The first-order chi connectivity index (χ1) is 8.15. The second kappa shape index (κ2) is 6.54. The molecule has 1 aromatic rings. The molecule has 0 fully saturated rings. The molecule has 0 unspecified atom stereocenters. The van der Waals surface area contributed by atoms with Gasteiger partial charge in [-0.15, -0.1) is 0 Å². The van der Waals surface area contributed by atoms with Gasteiger partial charge in [-0.1, -0.05) is 0 Å². The maximum atomic E-state index is 11.6. The van der Waals surface area contributed by atoms with Crippen LogP contribution in [0.4, 0.5) is 5.69 Å². The topological polar surface area (TPSA) is 94.4 Å². The number of hydrogen-bond acceptors (Lipinski definition) is 5. The lowest BCUT2D eigenvalue weighted by Gasteiger charge is -2.04. The maximum absolute atomic E-state index is 11.6. The van der Waals surface area contributed by atoms with E-state index in [1.165, 1.54) is 12.3 Å². The van der Waals surface area contributed by atoms with E-state index in [0.717, 1.165) is 6.20 Å².